The van der Waals surface area contributed by atoms with Gasteiger partial charge in [-0.3, -0.25) is 19.6 Å². The maximum Gasteiger partial charge on any atom is 0.311 e. The van der Waals surface area contributed by atoms with Crippen molar-refractivity contribution in [2.45, 2.75) is 19.9 Å². The third kappa shape index (κ3) is 4.23. The summed E-state index contributed by atoms with van der Waals surface area (Å²) in [5.74, 6) is -0.266. The van der Waals surface area contributed by atoms with Crippen LogP contribution in [0, 0.1) is 17.0 Å². The van der Waals surface area contributed by atoms with Crippen LogP contribution in [0.2, 0.25) is 5.02 Å². The fourth-order valence-electron chi connectivity index (χ4n) is 2.13. The number of nitrogens with zero attached hydrogens (tertiary/aromatic N) is 3. The highest BCUT2D eigenvalue weighted by Crippen LogP contribution is 2.27. The highest BCUT2D eigenvalue weighted by Gasteiger charge is 2.17. The molecule has 0 aliphatic carbocycles. The smallest absolute Gasteiger partial charge is 0.311 e. The Kier molecular flexibility index (Phi) is 5.75. The van der Waals surface area contributed by atoms with E-state index in [2.05, 4.69) is 10.4 Å². The predicted molar refractivity (Wildman–Crippen MR) is 88.6 cm³/mol. The summed E-state index contributed by atoms with van der Waals surface area (Å²) in [7, 11) is 1.34. The van der Waals surface area contributed by atoms with Crippen molar-refractivity contribution in [2.75, 3.05) is 13.7 Å². The van der Waals surface area contributed by atoms with E-state index in [4.69, 9.17) is 16.3 Å². The van der Waals surface area contributed by atoms with E-state index in [-0.39, 0.29) is 22.9 Å². The number of methoxy groups -OCH3 is 1. The summed E-state index contributed by atoms with van der Waals surface area (Å²) in [5.41, 5.74) is 0.721. The standard InChI is InChI=1S/C15H17ClN4O4/c1-10-12(16)9-19(18-10)7-3-6-17-15(21)11-4-5-14(24-2)13(8-11)20(22)23/h4-5,8-9H,3,6-7H2,1-2H3,(H,17,21). The Morgan fingerprint density at radius 3 is 2.83 bits per heavy atom. The van der Waals surface area contributed by atoms with Gasteiger partial charge in [0, 0.05) is 30.9 Å². The zero-order valence-corrected chi connectivity index (χ0v) is 14.0. The minimum atomic E-state index is -0.584. The van der Waals surface area contributed by atoms with E-state index in [1.807, 2.05) is 6.92 Å². The Hall–Kier alpha value is -2.61. The number of hydrogen-bond acceptors (Lipinski definition) is 5. The first kappa shape index (κ1) is 17.7. The molecule has 1 amide bonds. The Morgan fingerprint density at radius 1 is 1.50 bits per heavy atom. The van der Waals surface area contributed by atoms with Gasteiger partial charge in [-0.05, 0) is 25.5 Å². The fourth-order valence-corrected chi connectivity index (χ4v) is 2.28. The molecule has 0 aliphatic heterocycles. The Balaban J connectivity index is 1.90. The van der Waals surface area contributed by atoms with Crippen LogP contribution in [0.25, 0.3) is 0 Å². The van der Waals surface area contributed by atoms with Gasteiger partial charge in [-0.25, -0.2) is 0 Å². The van der Waals surface area contributed by atoms with Gasteiger partial charge in [0.05, 0.1) is 22.7 Å². The Bertz CT molecular complexity index is 740. The van der Waals surface area contributed by atoms with Crippen LogP contribution in [0.3, 0.4) is 0 Å². The van der Waals surface area contributed by atoms with Crippen molar-refractivity contribution in [3.05, 3.63) is 50.8 Å². The number of nitro benzene ring substituents is 1. The summed E-state index contributed by atoms with van der Waals surface area (Å²) in [4.78, 5) is 22.5. The summed E-state index contributed by atoms with van der Waals surface area (Å²) in [6, 6.07) is 4.09. The largest absolute Gasteiger partial charge is 0.490 e. The molecule has 1 aromatic heterocycles. The minimum Gasteiger partial charge on any atom is -0.490 e. The van der Waals surface area contributed by atoms with Crippen LogP contribution in [-0.4, -0.2) is 34.3 Å². The molecule has 8 nitrogen and oxygen atoms in total. The third-order valence-corrected chi connectivity index (χ3v) is 3.74. The SMILES string of the molecule is COc1ccc(C(=O)NCCCn2cc(Cl)c(C)n2)cc1[N+](=O)[O-]. The lowest BCUT2D eigenvalue weighted by Gasteiger charge is -2.07. The molecule has 0 saturated heterocycles. The molecule has 0 fully saturated rings. The van der Waals surface area contributed by atoms with Gasteiger partial charge in [0.2, 0.25) is 0 Å². The molecule has 0 atom stereocenters. The number of amides is 1. The first-order chi connectivity index (χ1) is 11.4. The van der Waals surface area contributed by atoms with Gasteiger partial charge in [0.25, 0.3) is 5.91 Å². The fraction of sp³-hybridized carbons (Fsp3) is 0.333. The van der Waals surface area contributed by atoms with Crippen LogP contribution in [-0.2, 0) is 6.54 Å². The number of nitrogens with one attached hydrogen (secondary N) is 1. The number of aryl methyl sites for hydroxylation is 2. The van der Waals surface area contributed by atoms with Crippen molar-refractivity contribution >= 4 is 23.2 Å². The normalized spacial score (nSPS) is 10.5. The van der Waals surface area contributed by atoms with E-state index in [1.165, 1.54) is 25.3 Å². The van der Waals surface area contributed by atoms with Crippen molar-refractivity contribution < 1.29 is 14.5 Å². The lowest BCUT2D eigenvalue weighted by atomic mass is 10.1. The zero-order valence-electron chi connectivity index (χ0n) is 13.3. The molecule has 0 bridgehead atoms. The number of aromatic nitrogens is 2. The van der Waals surface area contributed by atoms with E-state index >= 15 is 0 Å². The number of halogens is 1. The number of rotatable bonds is 7. The minimum absolute atomic E-state index is 0.113. The maximum absolute atomic E-state index is 12.1. The molecule has 1 aromatic carbocycles. The first-order valence-electron chi connectivity index (χ1n) is 7.22. The highest BCUT2D eigenvalue weighted by atomic mass is 35.5. The van der Waals surface area contributed by atoms with Gasteiger partial charge in [-0.1, -0.05) is 11.6 Å². The van der Waals surface area contributed by atoms with Gasteiger partial charge < -0.3 is 10.1 Å². The number of nitro groups is 1. The van der Waals surface area contributed by atoms with Crippen LogP contribution in [0.15, 0.2) is 24.4 Å². The molecule has 9 heteroatoms. The van der Waals surface area contributed by atoms with Crippen LogP contribution >= 0.6 is 11.6 Å². The topological polar surface area (TPSA) is 99.3 Å². The summed E-state index contributed by atoms with van der Waals surface area (Å²) >= 11 is 5.92. The van der Waals surface area contributed by atoms with E-state index < -0.39 is 4.92 Å². The molecule has 0 radical (unpaired) electrons. The van der Waals surface area contributed by atoms with Crippen molar-refractivity contribution in [3.8, 4) is 5.75 Å². The molecular weight excluding hydrogens is 336 g/mol. The number of carbonyl (C=O) groups is 1. The van der Waals surface area contributed by atoms with Crippen molar-refractivity contribution in [1.29, 1.82) is 0 Å². The second-order valence-electron chi connectivity index (χ2n) is 5.08. The molecule has 1 N–H and O–H groups in total. The van der Waals surface area contributed by atoms with Gasteiger partial charge >= 0.3 is 5.69 Å². The molecule has 0 unspecified atom stereocenters. The monoisotopic (exact) mass is 352 g/mol. The molecule has 2 aromatic rings. The Labute approximate surface area is 143 Å². The van der Waals surface area contributed by atoms with E-state index in [9.17, 15) is 14.9 Å². The average Bonchev–Trinajstić information content (AvgIpc) is 2.88. The second kappa shape index (κ2) is 7.78. The average molecular weight is 353 g/mol. The molecule has 1 heterocycles. The molecule has 24 heavy (non-hydrogen) atoms. The zero-order chi connectivity index (χ0) is 17.7. The van der Waals surface area contributed by atoms with E-state index in [1.54, 1.807) is 10.9 Å². The quantitative estimate of drug-likeness (QED) is 0.469. The third-order valence-electron chi connectivity index (χ3n) is 3.37. The number of benzene rings is 1. The van der Waals surface area contributed by atoms with Crippen LogP contribution < -0.4 is 10.1 Å². The molecule has 0 aliphatic rings. The maximum atomic E-state index is 12.1. The second-order valence-corrected chi connectivity index (χ2v) is 5.49. The number of hydrogen-bond donors (Lipinski definition) is 1. The van der Waals surface area contributed by atoms with Gasteiger partial charge in [0.15, 0.2) is 5.75 Å². The van der Waals surface area contributed by atoms with Gasteiger partial charge in [-0.2, -0.15) is 5.10 Å². The first-order valence-corrected chi connectivity index (χ1v) is 7.60. The number of ether oxygens (including phenoxy) is 1. The Morgan fingerprint density at radius 2 is 2.25 bits per heavy atom. The summed E-state index contributed by atoms with van der Waals surface area (Å²) in [6.45, 7) is 2.84. The highest BCUT2D eigenvalue weighted by molar-refractivity contribution is 6.31. The van der Waals surface area contributed by atoms with E-state index in [0.717, 1.165) is 5.69 Å². The lowest BCUT2D eigenvalue weighted by molar-refractivity contribution is -0.385. The molecule has 0 spiro atoms. The summed E-state index contributed by atoms with van der Waals surface area (Å²) in [6.07, 6.45) is 2.38. The molecular formula is C15H17ClN4O4. The van der Waals surface area contributed by atoms with Gasteiger partial charge in [0.1, 0.15) is 0 Å². The van der Waals surface area contributed by atoms with Crippen LogP contribution in [0.5, 0.6) is 5.75 Å². The van der Waals surface area contributed by atoms with Crippen LogP contribution in [0.4, 0.5) is 5.69 Å². The van der Waals surface area contributed by atoms with Crippen molar-refractivity contribution in [3.63, 3.8) is 0 Å². The predicted octanol–water partition coefficient (Wildman–Crippen LogP) is 2.58. The van der Waals surface area contributed by atoms with Crippen molar-refractivity contribution in [1.82, 2.24) is 15.1 Å². The molecule has 2 rings (SSSR count). The van der Waals surface area contributed by atoms with E-state index in [0.29, 0.717) is 24.5 Å². The molecule has 128 valence electrons. The molecule has 0 saturated carbocycles. The van der Waals surface area contributed by atoms with Crippen LogP contribution in [0.1, 0.15) is 22.5 Å². The van der Waals surface area contributed by atoms with Gasteiger partial charge in [-0.15, -0.1) is 0 Å². The number of carbonyl (C=O) groups excluding carboxylic acids is 1. The summed E-state index contributed by atoms with van der Waals surface area (Å²) in [5, 5.41) is 18.5. The van der Waals surface area contributed by atoms with Crippen molar-refractivity contribution in [2.24, 2.45) is 0 Å². The lowest BCUT2D eigenvalue weighted by Crippen LogP contribution is -2.25. The summed E-state index contributed by atoms with van der Waals surface area (Å²) < 4.78 is 6.62.